The molecule has 2 aromatic rings. The highest BCUT2D eigenvalue weighted by molar-refractivity contribution is 9.10. The Morgan fingerprint density at radius 3 is 2.39 bits per heavy atom. The van der Waals surface area contributed by atoms with E-state index >= 15 is 0 Å². The standard InChI is InChI=1S/C16H15BrFN3O2/c17-11-8-13(19-9-11)14(22)20-21-15(23)16(6-1-7-16)10-2-4-12(18)5-3-10/h2-5,8-9,19H,1,6-7H2,(H,20,22)(H,21,23). The molecule has 120 valence electrons. The van der Waals surface area contributed by atoms with E-state index < -0.39 is 11.3 Å². The molecule has 0 aliphatic heterocycles. The van der Waals surface area contributed by atoms with Gasteiger partial charge in [-0.05, 0) is 52.5 Å². The normalized spacial score (nSPS) is 15.6. The number of hydrazine groups is 1. The van der Waals surface area contributed by atoms with Crippen LogP contribution in [0.1, 0.15) is 35.3 Å². The largest absolute Gasteiger partial charge is 0.356 e. The van der Waals surface area contributed by atoms with Crippen molar-refractivity contribution in [3.8, 4) is 0 Å². The maximum absolute atomic E-state index is 13.1. The van der Waals surface area contributed by atoms with Gasteiger partial charge in [-0.25, -0.2) is 4.39 Å². The van der Waals surface area contributed by atoms with Gasteiger partial charge >= 0.3 is 0 Å². The van der Waals surface area contributed by atoms with Crippen LogP contribution in [0.3, 0.4) is 0 Å². The van der Waals surface area contributed by atoms with Crippen LogP contribution in [-0.4, -0.2) is 16.8 Å². The third kappa shape index (κ3) is 3.01. The van der Waals surface area contributed by atoms with Crippen LogP contribution in [0.5, 0.6) is 0 Å². The molecule has 3 N–H and O–H groups in total. The van der Waals surface area contributed by atoms with Gasteiger partial charge in [-0.3, -0.25) is 20.4 Å². The van der Waals surface area contributed by atoms with Gasteiger partial charge in [0.1, 0.15) is 11.5 Å². The maximum Gasteiger partial charge on any atom is 0.286 e. The molecular formula is C16H15BrFN3O2. The van der Waals surface area contributed by atoms with E-state index in [9.17, 15) is 14.0 Å². The fourth-order valence-electron chi connectivity index (χ4n) is 2.75. The molecule has 0 bridgehead atoms. The maximum atomic E-state index is 13.1. The molecule has 7 heteroatoms. The zero-order valence-electron chi connectivity index (χ0n) is 12.2. The number of benzene rings is 1. The van der Waals surface area contributed by atoms with Gasteiger partial charge in [0.05, 0.1) is 5.41 Å². The summed E-state index contributed by atoms with van der Waals surface area (Å²) in [5, 5.41) is 0. The second-order valence-corrected chi connectivity index (χ2v) is 6.50. The predicted octanol–water partition coefficient (Wildman–Crippen LogP) is 2.80. The Morgan fingerprint density at radius 1 is 1.17 bits per heavy atom. The number of amides is 2. The molecule has 1 aromatic carbocycles. The van der Waals surface area contributed by atoms with E-state index in [0.29, 0.717) is 18.5 Å². The first-order chi connectivity index (χ1) is 11.0. The summed E-state index contributed by atoms with van der Waals surface area (Å²) >= 11 is 3.24. The smallest absolute Gasteiger partial charge is 0.286 e. The molecule has 5 nitrogen and oxygen atoms in total. The second kappa shape index (κ2) is 6.16. The number of aromatic nitrogens is 1. The van der Waals surface area contributed by atoms with Crippen LogP contribution in [0.15, 0.2) is 41.0 Å². The van der Waals surface area contributed by atoms with Gasteiger partial charge < -0.3 is 4.98 Å². The summed E-state index contributed by atoms with van der Waals surface area (Å²) in [6.07, 6.45) is 3.90. The van der Waals surface area contributed by atoms with Gasteiger partial charge in [-0.15, -0.1) is 0 Å². The number of nitrogens with one attached hydrogen (secondary N) is 3. The quantitative estimate of drug-likeness (QED) is 0.717. The van der Waals surface area contributed by atoms with E-state index in [2.05, 4.69) is 31.8 Å². The van der Waals surface area contributed by atoms with Crippen molar-refractivity contribution in [2.75, 3.05) is 0 Å². The topological polar surface area (TPSA) is 74.0 Å². The molecule has 0 saturated heterocycles. The van der Waals surface area contributed by atoms with Crippen molar-refractivity contribution in [3.63, 3.8) is 0 Å². The summed E-state index contributed by atoms with van der Waals surface area (Å²) in [4.78, 5) is 27.3. The van der Waals surface area contributed by atoms with Crippen LogP contribution < -0.4 is 10.9 Å². The molecule has 23 heavy (non-hydrogen) atoms. The minimum absolute atomic E-state index is 0.283. The fourth-order valence-corrected chi connectivity index (χ4v) is 3.09. The summed E-state index contributed by atoms with van der Waals surface area (Å²) in [6.45, 7) is 0. The van der Waals surface area contributed by atoms with E-state index in [4.69, 9.17) is 0 Å². The summed E-state index contributed by atoms with van der Waals surface area (Å²) in [5.41, 5.74) is 5.28. The molecule has 1 aliphatic rings. The van der Waals surface area contributed by atoms with Crippen molar-refractivity contribution in [2.45, 2.75) is 24.7 Å². The highest BCUT2D eigenvalue weighted by atomic mass is 79.9. The Hall–Kier alpha value is -2.15. The van der Waals surface area contributed by atoms with Gasteiger partial charge in [0.15, 0.2) is 0 Å². The molecule has 0 radical (unpaired) electrons. The monoisotopic (exact) mass is 379 g/mol. The number of hydrogen-bond acceptors (Lipinski definition) is 2. The van der Waals surface area contributed by atoms with Crippen LogP contribution in [-0.2, 0) is 10.2 Å². The van der Waals surface area contributed by atoms with Crippen molar-refractivity contribution < 1.29 is 14.0 Å². The lowest BCUT2D eigenvalue weighted by atomic mass is 9.64. The lowest BCUT2D eigenvalue weighted by Crippen LogP contribution is -2.54. The van der Waals surface area contributed by atoms with E-state index in [1.807, 2.05) is 0 Å². The van der Waals surface area contributed by atoms with Crippen LogP contribution in [0, 0.1) is 5.82 Å². The number of rotatable bonds is 3. The Kier molecular flexibility index (Phi) is 4.21. The van der Waals surface area contributed by atoms with Gasteiger partial charge in [0.2, 0.25) is 5.91 Å². The lowest BCUT2D eigenvalue weighted by molar-refractivity contribution is -0.130. The Morgan fingerprint density at radius 2 is 1.87 bits per heavy atom. The van der Waals surface area contributed by atoms with Crippen LogP contribution >= 0.6 is 15.9 Å². The number of carbonyl (C=O) groups is 2. The number of hydrogen-bond donors (Lipinski definition) is 3. The molecule has 0 unspecified atom stereocenters. The SMILES string of the molecule is O=C(NNC(=O)C1(c2ccc(F)cc2)CCC1)c1cc(Br)c[nH]1. The zero-order valence-corrected chi connectivity index (χ0v) is 13.7. The molecule has 1 fully saturated rings. The molecule has 0 atom stereocenters. The van der Waals surface area contributed by atoms with Gasteiger partial charge in [0.25, 0.3) is 5.91 Å². The van der Waals surface area contributed by atoms with E-state index in [1.54, 1.807) is 24.4 Å². The van der Waals surface area contributed by atoms with Crippen LogP contribution in [0.25, 0.3) is 0 Å². The molecule has 3 rings (SSSR count). The number of halogens is 2. The van der Waals surface area contributed by atoms with Gasteiger partial charge in [-0.1, -0.05) is 18.6 Å². The second-order valence-electron chi connectivity index (χ2n) is 5.58. The lowest BCUT2D eigenvalue weighted by Gasteiger charge is -2.40. The highest BCUT2D eigenvalue weighted by Gasteiger charge is 2.45. The average molecular weight is 380 g/mol. The average Bonchev–Trinajstić information content (AvgIpc) is 2.92. The Balaban J connectivity index is 1.68. The third-order valence-electron chi connectivity index (χ3n) is 4.22. The minimum Gasteiger partial charge on any atom is -0.356 e. The van der Waals surface area contributed by atoms with E-state index in [0.717, 1.165) is 16.5 Å². The molecule has 2 amide bonds. The van der Waals surface area contributed by atoms with E-state index in [1.165, 1.54) is 12.1 Å². The van der Waals surface area contributed by atoms with Crippen molar-refractivity contribution in [1.82, 2.24) is 15.8 Å². The highest BCUT2D eigenvalue weighted by Crippen LogP contribution is 2.43. The van der Waals surface area contributed by atoms with Crippen LogP contribution in [0.2, 0.25) is 0 Å². The fraction of sp³-hybridized carbons (Fsp3) is 0.250. The molecule has 1 aliphatic carbocycles. The van der Waals surface area contributed by atoms with Crippen molar-refractivity contribution in [1.29, 1.82) is 0 Å². The van der Waals surface area contributed by atoms with Crippen LogP contribution in [0.4, 0.5) is 4.39 Å². The van der Waals surface area contributed by atoms with Crippen molar-refractivity contribution in [2.24, 2.45) is 0 Å². The predicted molar refractivity (Wildman–Crippen MR) is 86.0 cm³/mol. The van der Waals surface area contributed by atoms with Crippen molar-refractivity contribution in [3.05, 3.63) is 58.1 Å². The summed E-state index contributed by atoms with van der Waals surface area (Å²) in [5.74, 6) is -1.05. The summed E-state index contributed by atoms with van der Waals surface area (Å²) in [6, 6.07) is 7.55. The summed E-state index contributed by atoms with van der Waals surface area (Å²) in [7, 11) is 0. The number of H-pyrrole nitrogens is 1. The molecule has 0 spiro atoms. The van der Waals surface area contributed by atoms with E-state index in [-0.39, 0.29) is 11.7 Å². The first kappa shape index (κ1) is 15.7. The molecular weight excluding hydrogens is 365 g/mol. The Labute approximate surface area is 140 Å². The first-order valence-electron chi connectivity index (χ1n) is 7.22. The molecule has 1 heterocycles. The van der Waals surface area contributed by atoms with Gasteiger partial charge in [0, 0.05) is 10.7 Å². The van der Waals surface area contributed by atoms with Crippen molar-refractivity contribution >= 4 is 27.7 Å². The molecule has 1 aromatic heterocycles. The first-order valence-corrected chi connectivity index (χ1v) is 8.01. The number of aromatic amines is 1. The Bertz CT molecular complexity index is 738. The molecule has 1 saturated carbocycles. The number of carbonyl (C=O) groups excluding carboxylic acids is 2. The summed E-state index contributed by atoms with van der Waals surface area (Å²) < 4.78 is 13.8. The zero-order chi connectivity index (χ0) is 16.4. The minimum atomic E-state index is -0.697. The van der Waals surface area contributed by atoms with Gasteiger partial charge in [-0.2, -0.15) is 0 Å². The third-order valence-corrected chi connectivity index (χ3v) is 4.68.